The van der Waals surface area contributed by atoms with Gasteiger partial charge in [0.15, 0.2) is 15.6 Å². The van der Waals surface area contributed by atoms with Gasteiger partial charge in [-0.15, -0.1) is 0 Å². The lowest BCUT2D eigenvalue weighted by molar-refractivity contribution is 0.0992. The Labute approximate surface area is 191 Å². The van der Waals surface area contributed by atoms with Crippen molar-refractivity contribution in [1.82, 2.24) is 0 Å². The van der Waals surface area contributed by atoms with Crippen molar-refractivity contribution in [2.45, 2.75) is 6.61 Å². The summed E-state index contributed by atoms with van der Waals surface area (Å²) in [4.78, 5) is 12.5. The Hall–Kier alpha value is -3.78. The van der Waals surface area contributed by atoms with E-state index < -0.39 is 15.7 Å². The molecule has 1 N–H and O–H groups in total. The molecule has 4 rings (SSSR count). The Kier molecular flexibility index (Phi) is 6.65. The molecule has 0 unspecified atom stereocenters. The highest BCUT2D eigenvalue weighted by atomic mass is 32.2. The summed E-state index contributed by atoms with van der Waals surface area (Å²) < 4.78 is 39.3. The molecule has 7 nitrogen and oxygen atoms in total. The Balaban J connectivity index is 1.33. The molecule has 0 bridgehead atoms. The summed E-state index contributed by atoms with van der Waals surface area (Å²) in [7, 11) is -3.11. The molecule has 0 aliphatic rings. The Bertz CT molecular complexity index is 1380. The van der Waals surface area contributed by atoms with Gasteiger partial charge in [-0.3, -0.25) is 4.79 Å². The molecule has 0 saturated heterocycles. The number of fused-ring (bicyclic) bond motifs is 1. The van der Waals surface area contributed by atoms with Gasteiger partial charge in [-0.25, -0.2) is 8.42 Å². The van der Waals surface area contributed by atoms with E-state index in [9.17, 15) is 13.2 Å². The first-order chi connectivity index (χ1) is 15.9. The van der Waals surface area contributed by atoms with Crippen molar-refractivity contribution in [3.8, 4) is 11.5 Å². The zero-order valence-corrected chi connectivity index (χ0v) is 18.8. The minimum atomic E-state index is -3.11. The fourth-order valence-electron chi connectivity index (χ4n) is 3.16. The van der Waals surface area contributed by atoms with E-state index in [1.807, 2.05) is 42.5 Å². The standard InChI is InChI=1S/C25H23NO6S/c1-33(28,29)14-13-30-21-8-4-7-20(16-21)26-25(27)24-12-11-23(32-24)17-31-22-10-9-18-5-2-3-6-19(18)15-22/h2-12,15-16H,13-14,17H2,1H3,(H,26,27). The van der Waals surface area contributed by atoms with Crippen molar-refractivity contribution in [2.24, 2.45) is 0 Å². The zero-order valence-electron chi connectivity index (χ0n) is 18.0. The second-order valence-electron chi connectivity index (χ2n) is 7.52. The predicted molar refractivity (Wildman–Crippen MR) is 127 cm³/mol. The molecule has 0 spiro atoms. The smallest absolute Gasteiger partial charge is 0.291 e. The molecule has 170 valence electrons. The normalized spacial score (nSPS) is 11.3. The van der Waals surface area contributed by atoms with Gasteiger partial charge < -0.3 is 19.2 Å². The first-order valence-electron chi connectivity index (χ1n) is 10.3. The van der Waals surface area contributed by atoms with Crippen molar-refractivity contribution in [2.75, 3.05) is 23.9 Å². The average Bonchev–Trinajstić information content (AvgIpc) is 3.26. The van der Waals surface area contributed by atoms with Crippen molar-refractivity contribution < 1.29 is 27.1 Å². The number of sulfone groups is 1. The van der Waals surface area contributed by atoms with Crippen LogP contribution >= 0.6 is 0 Å². The molecule has 0 atom stereocenters. The summed E-state index contributed by atoms with van der Waals surface area (Å²) in [6, 6.07) is 23.8. The van der Waals surface area contributed by atoms with Crippen molar-refractivity contribution in [1.29, 1.82) is 0 Å². The Morgan fingerprint density at radius 1 is 0.879 bits per heavy atom. The van der Waals surface area contributed by atoms with Crippen LogP contribution in [0.4, 0.5) is 5.69 Å². The number of nitrogens with one attached hydrogen (secondary N) is 1. The van der Waals surface area contributed by atoms with E-state index in [0.29, 0.717) is 22.9 Å². The molecule has 33 heavy (non-hydrogen) atoms. The highest BCUT2D eigenvalue weighted by molar-refractivity contribution is 7.90. The zero-order chi connectivity index (χ0) is 23.3. The molecule has 0 saturated carbocycles. The van der Waals surface area contributed by atoms with Crippen molar-refractivity contribution >= 4 is 32.2 Å². The van der Waals surface area contributed by atoms with Gasteiger partial charge in [0, 0.05) is 18.0 Å². The van der Waals surface area contributed by atoms with Crippen LogP contribution < -0.4 is 14.8 Å². The van der Waals surface area contributed by atoms with E-state index >= 15 is 0 Å². The summed E-state index contributed by atoms with van der Waals surface area (Å²) >= 11 is 0. The quantitative estimate of drug-likeness (QED) is 0.385. The highest BCUT2D eigenvalue weighted by Gasteiger charge is 2.13. The molecule has 1 amide bonds. The molecule has 8 heteroatoms. The number of rotatable bonds is 9. The number of furan rings is 1. The first-order valence-corrected chi connectivity index (χ1v) is 12.3. The molecule has 0 aliphatic heterocycles. The number of benzene rings is 3. The number of carbonyl (C=O) groups is 1. The lowest BCUT2D eigenvalue weighted by Crippen LogP contribution is -2.13. The highest BCUT2D eigenvalue weighted by Crippen LogP contribution is 2.22. The van der Waals surface area contributed by atoms with Crippen LogP contribution in [-0.4, -0.2) is 32.9 Å². The van der Waals surface area contributed by atoms with E-state index in [4.69, 9.17) is 13.9 Å². The summed E-state index contributed by atoms with van der Waals surface area (Å²) in [5.41, 5.74) is 0.502. The molecule has 1 aromatic heterocycles. The van der Waals surface area contributed by atoms with E-state index in [1.165, 1.54) is 0 Å². The van der Waals surface area contributed by atoms with Crippen LogP contribution in [0.25, 0.3) is 10.8 Å². The van der Waals surface area contributed by atoms with Gasteiger partial charge >= 0.3 is 0 Å². The minimum Gasteiger partial charge on any atom is -0.492 e. The minimum absolute atomic E-state index is 0.0367. The molecular weight excluding hydrogens is 442 g/mol. The maximum absolute atomic E-state index is 12.5. The largest absolute Gasteiger partial charge is 0.492 e. The Morgan fingerprint density at radius 3 is 2.48 bits per heavy atom. The molecule has 3 aromatic carbocycles. The summed E-state index contributed by atoms with van der Waals surface area (Å²) in [5, 5.41) is 4.95. The molecule has 4 aromatic rings. The number of anilines is 1. The van der Waals surface area contributed by atoms with Crippen LogP contribution in [0.15, 0.2) is 83.3 Å². The van der Waals surface area contributed by atoms with E-state index in [2.05, 4.69) is 5.32 Å². The predicted octanol–water partition coefficient (Wildman–Crippen LogP) is 4.69. The molecular formula is C25H23NO6S. The van der Waals surface area contributed by atoms with Gasteiger partial charge in [0.1, 0.15) is 30.5 Å². The summed E-state index contributed by atoms with van der Waals surface area (Å²) in [5.74, 6) is 1.34. The average molecular weight is 466 g/mol. The van der Waals surface area contributed by atoms with Gasteiger partial charge in [-0.1, -0.05) is 36.4 Å². The summed E-state index contributed by atoms with van der Waals surface area (Å²) in [6.07, 6.45) is 1.15. The maximum Gasteiger partial charge on any atom is 0.291 e. The van der Waals surface area contributed by atoms with E-state index in [0.717, 1.165) is 17.0 Å². The van der Waals surface area contributed by atoms with Crippen molar-refractivity contribution in [3.63, 3.8) is 0 Å². The van der Waals surface area contributed by atoms with Crippen LogP contribution in [0.1, 0.15) is 16.3 Å². The van der Waals surface area contributed by atoms with Crippen LogP contribution in [0.3, 0.4) is 0 Å². The van der Waals surface area contributed by atoms with E-state index in [-0.39, 0.29) is 24.7 Å². The topological polar surface area (TPSA) is 94.8 Å². The third-order valence-electron chi connectivity index (χ3n) is 4.80. The van der Waals surface area contributed by atoms with Gasteiger partial charge in [-0.05, 0) is 47.2 Å². The second-order valence-corrected chi connectivity index (χ2v) is 9.78. The molecule has 0 fully saturated rings. The van der Waals surface area contributed by atoms with Crippen LogP contribution in [-0.2, 0) is 16.4 Å². The number of ether oxygens (including phenoxy) is 2. The third kappa shape index (κ3) is 6.36. The number of hydrogen-bond donors (Lipinski definition) is 1. The van der Waals surface area contributed by atoms with Gasteiger partial charge in [0.2, 0.25) is 0 Å². The lowest BCUT2D eigenvalue weighted by atomic mass is 10.1. The third-order valence-corrected chi connectivity index (χ3v) is 5.71. The van der Waals surface area contributed by atoms with Gasteiger partial charge in [0.05, 0.1) is 5.75 Å². The van der Waals surface area contributed by atoms with Crippen LogP contribution in [0.2, 0.25) is 0 Å². The fraction of sp³-hybridized carbons (Fsp3) is 0.160. The van der Waals surface area contributed by atoms with Crippen LogP contribution in [0.5, 0.6) is 11.5 Å². The summed E-state index contributed by atoms with van der Waals surface area (Å²) in [6.45, 7) is 0.226. The monoisotopic (exact) mass is 465 g/mol. The molecule has 1 heterocycles. The Morgan fingerprint density at radius 2 is 1.67 bits per heavy atom. The lowest BCUT2D eigenvalue weighted by Gasteiger charge is -2.08. The molecule has 0 aliphatic carbocycles. The SMILES string of the molecule is CS(=O)(=O)CCOc1cccc(NC(=O)c2ccc(COc3ccc4ccccc4c3)o2)c1. The van der Waals surface area contributed by atoms with Crippen LogP contribution in [0, 0.1) is 0 Å². The number of hydrogen-bond acceptors (Lipinski definition) is 6. The molecule has 0 radical (unpaired) electrons. The maximum atomic E-state index is 12.5. The van der Waals surface area contributed by atoms with Gasteiger partial charge in [0.25, 0.3) is 5.91 Å². The second kappa shape index (κ2) is 9.79. The first kappa shape index (κ1) is 22.4. The number of amides is 1. The number of carbonyl (C=O) groups excluding carboxylic acids is 1. The fourth-order valence-corrected chi connectivity index (χ4v) is 3.54. The van der Waals surface area contributed by atoms with Gasteiger partial charge in [-0.2, -0.15) is 0 Å². The van der Waals surface area contributed by atoms with Crippen molar-refractivity contribution in [3.05, 3.63) is 90.4 Å². The van der Waals surface area contributed by atoms with E-state index in [1.54, 1.807) is 36.4 Å².